The molecule has 0 aromatic carbocycles. The van der Waals surface area contributed by atoms with Crippen LogP contribution in [0.1, 0.15) is 6.42 Å². The van der Waals surface area contributed by atoms with Crippen LogP contribution in [0.5, 0.6) is 0 Å². The third-order valence-electron chi connectivity index (χ3n) is 1.00. The lowest BCUT2D eigenvalue weighted by atomic mass is 10.2. The highest BCUT2D eigenvalue weighted by molar-refractivity contribution is 8.11. The average Bonchev–Trinajstić information content (AvgIpc) is 1.83. The number of hydrogen-bond acceptors (Lipinski definition) is 3. The fraction of sp³-hybridized carbons (Fsp3) is 0.400. The minimum Gasteiger partial charge on any atom is -0.480 e. The van der Waals surface area contributed by atoms with Gasteiger partial charge in [-0.05, 0) is 0 Å². The van der Waals surface area contributed by atoms with Crippen molar-refractivity contribution in [1.29, 1.82) is 0 Å². The van der Waals surface area contributed by atoms with E-state index < -0.39 is 17.9 Å². The summed E-state index contributed by atoms with van der Waals surface area (Å²) in [5.41, 5.74) is 4.80. The van der Waals surface area contributed by atoms with Gasteiger partial charge in [0.25, 0.3) is 0 Å². The number of thiol groups is 1. The molecule has 0 radical (unpaired) electrons. The van der Waals surface area contributed by atoms with Crippen LogP contribution in [0.3, 0.4) is 0 Å². The van der Waals surface area contributed by atoms with Gasteiger partial charge in [-0.3, -0.25) is 4.79 Å². The van der Waals surface area contributed by atoms with E-state index in [4.69, 9.17) is 10.8 Å². The van der Waals surface area contributed by atoms with Gasteiger partial charge in [-0.1, -0.05) is 12.2 Å². The van der Waals surface area contributed by atoms with Gasteiger partial charge in [0.05, 0.1) is 6.42 Å². The molecule has 0 saturated heterocycles. The van der Waals surface area contributed by atoms with E-state index in [2.05, 4.69) is 30.2 Å². The predicted octanol–water partition coefficient (Wildman–Crippen LogP) is -0.881. The van der Waals surface area contributed by atoms with Crippen LogP contribution in [0, 0.1) is 0 Å². The Morgan fingerprint density at radius 3 is 2.42 bits per heavy atom. The smallest absolute Gasteiger partial charge is 0.326 e. The van der Waals surface area contributed by atoms with E-state index in [0.717, 1.165) is 0 Å². The number of thiocarbonyl (C=S) groups is 1. The Morgan fingerprint density at radius 2 is 2.17 bits per heavy atom. The van der Waals surface area contributed by atoms with E-state index in [1.54, 1.807) is 0 Å². The summed E-state index contributed by atoms with van der Waals surface area (Å²) in [5, 5.41) is 10.8. The Kier molecular flexibility index (Phi) is 4.60. The van der Waals surface area contributed by atoms with Crippen LogP contribution in [0.2, 0.25) is 0 Å². The zero-order chi connectivity index (χ0) is 9.72. The number of carbonyl (C=O) groups is 2. The molecule has 12 heavy (non-hydrogen) atoms. The summed E-state index contributed by atoms with van der Waals surface area (Å²) < 4.78 is 0.0173. The van der Waals surface area contributed by atoms with E-state index in [9.17, 15) is 9.59 Å². The lowest BCUT2D eigenvalue weighted by molar-refractivity contribution is -0.140. The van der Waals surface area contributed by atoms with Crippen LogP contribution in [-0.2, 0) is 9.59 Å². The van der Waals surface area contributed by atoms with Crippen molar-refractivity contribution in [3.8, 4) is 0 Å². The van der Waals surface area contributed by atoms with Gasteiger partial charge in [-0.15, -0.1) is 12.6 Å². The lowest BCUT2D eigenvalue weighted by Crippen LogP contribution is -2.41. The first kappa shape index (κ1) is 11.2. The number of carbonyl (C=O) groups excluding carboxylic acids is 1. The first-order valence-electron chi connectivity index (χ1n) is 2.94. The molecule has 0 bridgehead atoms. The molecule has 0 aromatic rings. The van der Waals surface area contributed by atoms with Crippen molar-refractivity contribution in [2.75, 3.05) is 0 Å². The maximum atomic E-state index is 10.4. The third-order valence-corrected chi connectivity index (χ3v) is 1.25. The maximum absolute atomic E-state index is 10.4. The summed E-state index contributed by atoms with van der Waals surface area (Å²) in [7, 11) is 0. The second-order valence-electron chi connectivity index (χ2n) is 2.01. The number of carboxylic acid groups (broad SMARTS) is 1. The molecular weight excluding hydrogens is 200 g/mol. The van der Waals surface area contributed by atoms with Crippen LogP contribution in [0.15, 0.2) is 0 Å². The average molecular weight is 208 g/mol. The highest BCUT2D eigenvalue weighted by Crippen LogP contribution is 1.93. The van der Waals surface area contributed by atoms with E-state index in [-0.39, 0.29) is 10.7 Å². The molecule has 0 fully saturated rings. The summed E-state index contributed by atoms with van der Waals surface area (Å²) in [6.07, 6.45) is -0.309. The summed E-state index contributed by atoms with van der Waals surface area (Å²) in [6, 6.07) is -1.09. The van der Waals surface area contributed by atoms with Crippen molar-refractivity contribution >= 4 is 41.0 Å². The van der Waals surface area contributed by atoms with Crippen LogP contribution in [-0.4, -0.2) is 27.3 Å². The third kappa shape index (κ3) is 4.91. The topological polar surface area (TPSA) is 92.4 Å². The van der Waals surface area contributed by atoms with Gasteiger partial charge in [-0.25, -0.2) is 4.79 Å². The number of nitrogens with two attached hydrogens (primary N) is 1. The van der Waals surface area contributed by atoms with Crippen molar-refractivity contribution in [1.82, 2.24) is 5.32 Å². The Labute approximate surface area is 79.7 Å². The molecule has 0 aromatic heterocycles. The first-order valence-corrected chi connectivity index (χ1v) is 3.79. The van der Waals surface area contributed by atoms with Gasteiger partial charge < -0.3 is 16.2 Å². The van der Waals surface area contributed by atoms with Crippen molar-refractivity contribution in [2.45, 2.75) is 12.5 Å². The summed E-state index contributed by atoms with van der Waals surface area (Å²) >= 11 is 8.14. The van der Waals surface area contributed by atoms with E-state index in [0.29, 0.717) is 0 Å². The molecule has 68 valence electrons. The summed E-state index contributed by atoms with van der Waals surface area (Å²) in [5.74, 6) is -1.90. The molecular formula is C5H8N2O3S2. The lowest BCUT2D eigenvalue weighted by Gasteiger charge is -2.11. The molecule has 1 atom stereocenters. The number of carboxylic acids is 1. The molecule has 7 heteroatoms. The monoisotopic (exact) mass is 208 g/mol. The molecule has 0 spiro atoms. The fourth-order valence-electron chi connectivity index (χ4n) is 0.550. The summed E-state index contributed by atoms with van der Waals surface area (Å²) in [6.45, 7) is 0. The number of nitrogens with one attached hydrogen (secondary N) is 1. The number of rotatable bonds is 4. The summed E-state index contributed by atoms with van der Waals surface area (Å²) in [4.78, 5) is 20.8. The number of aliphatic carboxylic acids is 1. The Balaban J connectivity index is 4.14. The molecule has 1 amide bonds. The van der Waals surface area contributed by atoms with Crippen molar-refractivity contribution < 1.29 is 14.7 Å². The van der Waals surface area contributed by atoms with E-state index in [1.165, 1.54) is 0 Å². The quantitative estimate of drug-likeness (QED) is 0.355. The maximum Gasteiger partial charge on any atom is 0.326 e. The molecule has 4 N–H and O–H groups in total. The Bertz CT molecular complexity index is 203. The molecule has 0 aliphatic heterocycles. The number of amides is 1. The van der Waals surface area contributed by atoms with Crippen molar-refractivity contribution in [3.63, 3.8) is 0 Å². The Hall–Kier alpha value is -0.820. The van der Waals surface area contributed by atoms with E-state index >= 15 is 0 Å². The number of primary amides is 1. The van der Waals surface area contributed by atoms with Gasteiger partial charge in [0.2, 0.25) is 5.91 Å². The van der Waals surface area contributed by atoms with Crippen molar-refractivity contribution in [3.05, 3.63) is 0 Å². The first-order chi connectivity index (χ1) is 5.43. The van der Waals surface area contributed by atoms with Gasteiger partial charge in [0, 0.05) is 0 Å². The molecule has 0 aliphatic rings. The SMILES string of the molecule is NC(=O)C[C@H](NC(=S)S)C(=O)O. The highest BCUT2D eigenvalue weighted by Gasteiger charge is 2.19. The largest absolute Gasteiger partial charge is 0.480 e. The molecule has 0 aliphatic carbocycles. The van der Waals surface area contributed by atoms with E-state index in [1.807, 2.05) is 0 Å². The van der Waals surface area contributed by atoms with Gasteiger partial charge in [0.1, 0.15) is 10.4 Å². The van der Waals surface area contributed by atoms with Crippen LogP contribution < -0.4 is 11.1 Å². The molecule has 0 saturated carbocycles. The molecule has 0 heterocycles. The highest BCUT2D eigenvalue weighted by atomic mass is 32.1. The normalized spacial score (nSPS) is 11.8. The van der Waals surface area contributed by atoms with Crippen LogP contribution in [0.4, 0.5) is 0 Å². The minimum absolute atomic E-state index is 0.0173. The second-order valence-corrected chi connectivity index (χ2v) is 3.17. The van der Waals surface area contributed by atoms with Gasteiger partial charge >= 0.3 is 5.97 Å². The van der Waals surface area contributed by atoms with Gasteiger partial charge in [0.15, 0.2) is 0 Å². The molecule has 5 nitrogen and oxygen atoms in total. The van der Waals surface area contributed by atoms with Crippen LogP contribution in [0.25, 0.3) is 0 Å². The number of hydrogen-bond donors (Lipinski definition) is 4. The van der Waals surface area contributed by atoms with Crippen LogP contribution >= 0.6 is 24.8 Å². The minimum atomic E-state index is -1.19. The molecule has 0 rings (SSSR count). The zero-order valence-electron chi connectivity index (χ0n) is 5.98. The predicted molar refractivity (Wildman–Crippen MR) is 50.0 cm³/mol. The molecule has 0 unspecified atom stereocenters. The second kappa shape index (κ2) is 4.94. The fourth-order valence-corrected chi connectivity index (χ4v) is 0.848. The zero-order valence-corrected chi connectivity index (χ0v) is 7.69. The Morgan fingerprint density at radius 1 is 1.67 bits per heavy atom. The van der Waals surface area contributed by atoms with Crippen molar-refractivity contribution in [2.24, 2.45) is 5.73 Å². The van der Waals surface area contributed by atoms with Gasteiger partial charge in [-0.2, -0.15) is 0 Å². The standard InChI is InChI=1S/C5H8N2O3S2/c6-3(8)1-2(4(9)10)7-5(11)12/h2H,1H2,(H2,6,8)(H,9,10)(H2,7,11,12)/t2-/m0/s1.